The van der Waals surface area contributed by atoms with Gasteiger partial charge in [0.15, 0.2) is 0 Å². The molecule has 8 nitrogen and oxygen atoms in total. The highest BCUT2D eigenvalue weighted by Gasteiger charge is 2.29. The first-order chi connectivity index (χ1) is 7.11. The number of hydrogen-bond donors (Lipinski definition) is 2. The molecule has 0 saturated heterocycles. The predicted octanol–water partition coefficient (Wildman–Crippen LogP) is 0.0762. The van der Waals surface area contributed by atoms with E-state index in [0.29, 0.717) is 6.54 Å². The molecular formula is C7H10N4O4. The zero-order chi connectivity index (χ0) is 11.4. The van der Waals surface area contributed by atoms with Gasteiger partial charge < -0.3 is 10.1 Å². The van der Waals surface area contributed by atoms with Crippen LogP contribution >= 0.6 is 0 Å². The van der Waals surface area contributed by atoms with Crippen molar-refractivity contribution in [3.8, 4) is 5.88 Å². The number of nitro groups is 1. The minimum Gasteiger partial charge on any atom is -0.475 e. The Balaban J connectivity index is 3.13. The first kappa shape index (κ1) is 11.0. The Labute approximate surface area is 84.8 Å². The molecule has 0 fully saturated rings. The SMILES string of the molecule is CCNC(=O)c1[nH]nc(OC)c1[N+](=O)[O-]. The van der Waals surface area contributed by atoms with E-state index in [-0.39, 0.29) is 11.6 Å². The molecule has 0 unspecified atom stereocenters. The molecule has 0 radical (unpaired) electrons. The zero-order valence-corrected chi connectivity index (χ0v) is 8.23. The Morgan fingerprint density at radius 2 is 2.40 bits per heavy atom. The quantitative estimate of drug-likeness (QED) is 0.544. The van der Waals surface area contributed by atoms with Crippen molar-refractivity contribution in [2.75, 3.05) is 13.7 Å². The lowest BCUT2D eigenvalue weighted by Gasteiger charge is -1.98. The molecule has 1 heterocycles. The summed E-state index contributed by atoms with van der Waals surface area (Å²) in [5.74, 6) is -0.791. The van der Waals surface area contributed by atoms with Crippen LogP contribution in [0.5, 0.6) is 5.88 Å². The molecule has 0 atom stereocenters. The number of ether oxygens (including phenoxy) is 1. The highest BCUT2D eigenvalue weighted by Crippen LogP contribution is 2.27. The summed E-state index contributed by atoms with van der Waals surface area (Å²) in [5.41, 5.74) is -0.665. The highest BCUT2D eigenvalue weighted by atomic mass is 16.6. The molecule has 1 amide bonds. The molecule has 1 aromatic rings. The number of methoxy groups -OCH3 is 1. The molecule has 0 aliphatic carbocycles. The van der Waals surface area contributed by atoms with Crippen LogP contribution in [0.2, 0.25) is 0 Å². The van der Waals surface area contributed by atoms with Gasteiger partial charge in [-0.15, -0.1) is 5.10 Å². The molecule has 82 valence electrons. The van der Waals surface area contributed by atoms with Gasteiger partial charge in [0, 0.05) is 6.54 Å². The first-order valence-corrected chi connectivity index (χ1v) is 4.16. The van der Waals surface area contributed by atoms with Crippen molar-refractivity contribution in [2.45, 2.75) is 6.92 Å². The van der Waals surface area contributed by atoms with E-state index in [1.54, 1.807) is 6.92 Å². The second kappa shape index (κ2) is 4.40. The van der Waals surface area contributed by atoms with Crippen molar-refractivity contribution in [3.05, 3.63) is 15.8 Å². The maximum atomic E-state index is 11.4. The Morgan fingerprint density at radius 3 is 2.87 bits per heavy atom. The van der Waals surface area contributed by atoms with Crippen LogP contribution in [0.15, 0.2) is 0 Å². The topological polar surface area (TPSA) is 110 Å². The molecule has 0 aliphatic heterocycles. The van der Waals surface area contributed by atoms with Gasteiger partial charge in [-0.1, -0.05) is 0 Å². The number of nitrogens with one attached hydrogen (secondary N) is 2. The van der Waals surface area contributed by atoms with Crippen LogP contribution in [-0.2, 0) is 0 Å². The summed E-state index contributed by atoms with van der Waals surface area (Å²) in [6, 6.07) is 0. The Kier molecular flexibility index (Phi) is 3.21. The van der Waals surface area contributed by atoms with Gasteiger partial charge in [-0.3, -0.25) is 20.0 Å². The second-order valence-corrected chi connectivity index (χ2v) is 2.57. The highest BCUT2D eigenvalue weighted by molar-refractivity contribution is 5.96. The third kappa shape index (κ3) is 2.03. The second-order valence-electron chi connectivity index (χ2n) is 2.57. The number of aromatic amines is 1. The number of amides is 1. The van der Waals surface area contributed by atoms with E-state index >= 15 is 0 Å². The summed E-state index contributed by atoms with van der Waals surface area (Å²) < 4.78 is 4.65. The van der Waals surface area contributed by atoms with Gasteiger partial charge in [0.2, 0.25) is 5.69 Å². The lowest BCUT2D eigenvalue weighted by Crippen LogP contribution is -2.23. The Bertz CT molecular complexity index is 386. The van der Waals surface area contributed by atoms with Crippen molar-refractivity contribution >= 4 is 11.6 Å². The maximum absolute atomic E-state index is 11.4. The fourth-order valence-corrected chi connectivity index (χ4v) is 1.04. The van der Waals surface area contributed by atoms with E-state index in [9.17, 15) is 14.9 Å². The van der Waals surface area contributed by atoms with Crippen molar-refractivity contribution in [1.82, 2.24) is 15.5 Å². The van der Waals surface area contributed by atoms with E-state index in [1.807, 2.05) is 0 Å². The van der Waals surface area contributed by atoms with Crippen LogP contribution in [0.25, 0.3) is 0 Å². The minimum absolute atomic E-state index is 0.207. The molecule has 8 heteroatoms. The number of hydrogen-bond acceptors (Lipinski definition) is 5. The zero-order valence-electron chi connectivity index (χ0n) is 8.23. The normalized spacial score (nSPS) is 9.73. The predicted molar refractivity (Wildman–Crippen MR) is 49.8 cm³/mol. The van der Waals surface area contributed by atoms with Crippen molar-refractivity contribution in [3.63, 3.8) is 0 Å². The Morgan fingerprint density at radius 1 is 1.73 bits per heavy atom. The van der Waals surface area contributed by atoms with Crippen LogP contribution < -0.4 is 10.1 Å². The number of carbonyl (C=O) groups is 1. The summed E-state index contributed by atoms with van der Waals surface area (Å²) in [4.78, 5) is 21.3. The summed E-state index contributed by atoms with van der Waals surface area (Å²) >= 11 is 0. The van der Waals surface area contributed by atoms with E-state index in [4.69, 9.17) is 0 Å². The molecule has 0 aliphatic rings. The third-order valence-electron chi connectivity index (χ3n) is 1.65. The summed E-state index contributed by atoms with van der Waals surface area (Å²) in [7, 11) is 1.24. The first-order valence-electron chi connectivity index (χ1n) is 4.16. The van der Waals surface area contributed by atoms with E-state index in [0.717, 1.165) is 0 Å². The van der Waals surface area contributed by atoms with Crippen molar-refractivity contribution in [1.29, 1.82) is 0 Å². The van der Waals surface area contributed by atoms with Crippen molar-refractivity contribution in [2.24, 2.45) is 0 Å². The van der Waals surface area contributed by atoms with Gasteiger partial charge in [0.25, 0.3) is 5.91 Å². The number of carbonyl (C=O) groups excluding carboxylic acids is 1. The molecule has 0 spiro atoms. The summed E-state index contributed by atoms with van der Waals surface area (Å²) in [6.45, 7) is 2.08. The summed E-state index contributed by atoms with van der Waals surface area (Å²) in [6.07, 6.45) is 0. The van der Waals surface area contributed by atoms with Gasteiger partial charge >= 0.3 is 11.6 Å². The number of aromatic nitrogens is 2. The molecule has 1 rings (SSSR count). The molecule has 15 heavy (non-hydrogen) atoms. The Hall–Kier alpha value is -2.12. The lowest BCUT2D eigenvalue weighted by atomic mass is 10.3. The van der Waals surface area contributed by atoms with Crippen molar-refractivity contribution < 1.29 is 14.5 Å². The van der Waals surface area contributed by atoms with Crippen LogP contribution in [0.4, 0.5) is 5.69 Å². The fraction of sp³-hybridized carbons (Fsp3) is 0.429. The average Bonchev–Trinajstić information content (AvgIpc) is 2.61. The van der Waals surface area contributed by atoms with Gasteiger partial charge in [-0.05, 0) is 6.92 Å². The van der Waals surface area contributed by atoms with Gasteiger partial charge in [0.05, 0.1) is 12.0 Å². The third-order valence-corrected chi connectivity index (χ3v) is 1.65. The molecule has 0 aromatic carbocycles. The van der Waals surface area contributed by atoms with Gasteiger partial charge in [-0.25, -0.2) is 0 Å². The molecule has 0 saturated carbocycles. The van der Waals surface area contributed by atoms with E-state index in [2.05, 4.69) is 20.3 Å². The largest absolute Gasteiger partial charge is 0.475 e. The monoisotopic (exact) mass is 214 g/mol. The van der Waals surface area contributed by atoms with Crippen LogP contribution in [0.1, 0.15) is 17.4 Å². The van der Waals surface area contributed by atoms with Gasteiger partial charge in [0.1, 0.15) is 0 Å². The molecule has 1 aromatic heterocycles. The lowest BCUT2D eigenvalue weighted by molar-refractivity contribution is -0.386. The van der Waals surface area contributed by atoms with Crippen LogP contribution in [0, 0.1) is 10.1 Å². The van der Waals surface area contributed by atoms with E-state index in [1.165, 1.54) is 7.11 Å². The molecule has 2 N–H and O–H groups in total. The van der Waals surface area contributed by atoms with Crippen LogP contribution in [-0.4, -0.2) is 34.7 Å². The maximum Gasteiger partial charge on any atom is 0.362 e. The summed E-state index contributed by atoms with van der Waals surface area (Å²) in [5, 5.41) is 18.9. The number of nitrogens with zero attached hydrogens (tertiary/aromatic N) is 2. The fourth-order valence-electron chi connectivity index (χ4n) is 1.04. The van der Waals surface area contributed by atoms with Gasteiger partial charge in [-0.2, -0.15) is 0 Å². The minimum atomic E-state index is -0.715. The number of H-pyrrole nitrogens is 1. The molecule has 0 bridgehead atoms. The smallest absolute Gasteiger partial charge is 0.362 e. The van der Waals surface area contributed by atoms with Crippen LogP contribution in [0.3, 0.4) is 0 Å². The number of rotatable bonds is 4. The standard InChI is InChI=1S/C7H10N4O4/c1-3-8-6(12)4-5(11(13)14)7(15-2)10-9-4/h3H2,1-2H3,(H,8,12)(H,9,10). The average molecular weight is 214 g/mol. The van der Waals surface area contributed by atoms with E-state index < -0.39 is 16.5 Å². The molecular weight excluding hydrogens is 204 g/mol.